The van der Waals surface area contributed by atoms with Crippen molar-refractivity contribution in [3.8, 4) is 11.6 Å². The van der Waals surface area contributed by atoms with Crippen molar-refractivity contribution in [2.24, 2.45) is 0 Å². The van der Waals surface area contributed by atoms with Crippen molar-refractivity contribution in [2.45, 2.75) is 66.0 Å². The first-order chi connectivity index (χ1) is 18.0. The summed E-state index contributed by atoms with van der Waals surface area (Å²) < 4.78 is 18.0. The molecule has 2 heterocycles. The molecule has 2 aromatic heterocycles. The van der Waals surface area contributed by atoms with Crippen molar-refractivity contribution in [3.63, 3.8) is 0 Å². The van der Waals surface area contributed by atoms with E-state index in [4.69, 9.17) is 14.2 Å². The fourth-order valence-corrected chi connectivity index (χ4v) is 3.44. The standard InChI is InChI=1S/C25H32N6O7/c1-6-8-9-13-30(24(33)38-25(3,4)5)23-27-21-20(26-16-29(21)15-19(32)36-7-2)22(28-23)37-18-12-10-11-17(14-18)31(34)35/h10-12,14,16H,6-9,13,15H2,1-5H3. The second-order valence-electron chi connectivity index (χ2n) is 9.37. The number of aromatic nitrogens is 4. The molecule has 13 heteroatoms. The number of fused-ring (bicyclic) bond motifs is 1. The molecule has 1 aromatic carbocycles. The predicted octanol–water partition coefficient (Wildman–Crippen LogP) is 5.02. The lowest BCUT2D eigenvalue weighted by molar-refractivity contribution is -0.384. The summed E-state index contributed by atoms with van der Waals surface area (Å²) in [5.74, 6) is -0.425. The number of benzene rings is 1. The number of hydrogen-bond acceptors (Lipinski definition) is 10. The summed E-state index contributed by atoms with van der Waals surface area (Å²) in [6.07, 6.45) is 3.19. The van der Waals surface area contributed by atoms with E-state index in [0.29, 0.717) is 6.42 Å². The fraction of sp³-hybridized carbons (Fsp3) is 0.480. The number of nitrogens with zero attached hydrogens (tertiary/aromatic N) is 6. The number of esters is 1. The summed E-state index contributed by atoms with van der Waals surface area (Å²) >= 11 is 0. The third-order valence-corrected chi connectivity index (χ3v) is 5.11. The van der Waals surface area contributed by atoms with E-state index in [1.165, 1.54) is 40.1 Å². The first-order valence-electron chi connectivity index (χ1n) is 12.3. The van der Waals surface area contributed by atoms with E-state index in [0.717, 1.165) is 12.8 Å². The number of carbonyl (C=O) groups is 2. The van der Waals surface area contributed by atoms with Gasteiger partial charge in [0.25, 0.3) is 11.6 Å². The summed E-state index contributed by atoms with van der Waals surface area (Å²) in [5.41, 5.74) is -0.524. The Morgan fingerprint density at radius 1 is 1.16 bits per heavy atom. The van der Waals surface area contributed by atoms with E-state index in [1.54, 1.807) is 27.7 Å². The van der Waals surface area contributed by atoms with Crippen LogP contribution < -0.4 is 9.64 Å². The minimum atomic E-state index is -0.766. The minimum absolute atomic E-state index is 0.0195. The van der Waals surface area contributed by atoms with Crippen LogP contribution in [0.4, 0.5) is 16.4 Å². The van der Waals surface area contributed by atoms with Gasteiger partial charge in [0.05, 0.1) is 23.9 Å². The topological polar surface area (TPSA) is 152 Å². The number of amides is 1. The molecule has 0 N–H and O–H groups in total. The van der Waals surface area contributed by atoms with Crippen molar-refractivity contribution in [1.82, 2.24) is 19.5 Å². The summed E-state index contributed by atoms with van der Waals surface area (Å²) in [6, 6.07) is 5.59. The summed E-state index contributed by atoms with van der Waals surface area (Å²) in [4.78, 5) is 50.7. The van der Waals surface area contributed by atoms with E-state index in [2.05, 4.69) is 15.0 Å². The Hall–Kier alpha value is -4.29. The van der Waals surface area contributed by atoms with Gasteiger partial charge in [0.1, 0.15) is 17.9 Å². The lowest BCUT2D eigenvalue weighted by Gasteiger charge is -2.26. The molecule has 0 fully saturated rings. The monoisotopic (exact) mass is 528 g/mol. The molecule has 0 saturated carbocycles. The lowest BCUT2D eigenvalue weighted by atomic mass is 10.2. The minimum Gasteiger partial charge on any atom is -0.465 e. The van der Waals surface area contributed by atoms with Crippen molar-refractivity contribution in [1.29, 1.82) is 0 Å². The number of anilines is 1. The molecule has 38 heavy (non-hydrogen) atoms. The summed E-state index contributed by atoms with van der Waals surface area (Å²) in [6.45, 7) is 9.30. The number of hydrogen-bond donors (Lipinski definition) is 0. The van der Waals surface area contributed by atoms with Crippen LogP contribution in [0.1, 0.15) is 53.9 Å². The van der Waals surface area contributed by atoms with Gasteiger partial charge in [0.2, 0.25) is 5.95 Å². The molecule has 0 saturated heterocycles. The van der Waals surface area contributed by atoms with Crippen LogP contribution in [0.3, 0.4) is 0 Å². The number of nitro groups is 1. The third kappa shape index (κ3) is 7.37. The molecule has 0 aliphatic rings. The SMILES string of the molecule is CCCCCN(C(=O)OC(C)(C)C)c1nc(Oc2cccc([N+](=O)[O-])c2)c2ncn(CC(=O)OCC)c2n1. The highest BCUT2D eigenvalue weighted by molar-refractivity contribution is 5.88. The van der Waals surface area contributed by atoms with E-state index in [1.807, 2.05) is 6.92 Å². The number of nitro benzene ring substituents is 1. The highest BCUT2D eigenvalue weighted by atomic mass is 16.6. The molecule has 0 unspecified atom stereocenters. The zero-order chi connectivity index (χ0) is 27.9. The van der Waals surface area contributed by atoms with E-state index >= 15 is 0 Å². The molecule has 0 bridgehead atoms. The maximum Gasteiger partial charge on any atom is 0.417 e. The Balaban J connectivity index is 2.13. The number of ether oxygens (including phenoxy) is 3. The molecule has 204 valence electrons. The molecular formula is C25H32N6O7. The Morgan fingerprint density at radius 2 is 1.92 bits per heavy atom. The lowest BCUT2D eigenvalue weighted by Crippen LogP contribution is -2.38. The quantitative estimate of drug-likeness (QED) is 0.143. The van der Waals surface area contributed by atoms with Crippen LogP contribution in [0.5, 0.6) is 11.6 Å². The predicted molar refractivity (Wildman–Crippen MR) is 138 cm³/mol. The molecule has 1 amide bonds. The molecule has 0 radical (unpaired) electrons. The van der Waals surface area contributed by atoms with Crippen molar-refractivity contribution in [2.75, 3.05) is 18.1 Å². The molecular weight excluding hydrogens is 496 g/mol. The van der Waals surface area contributed by atoms with Gasteiger partial charge in [0, 0.05) is 12.6 Å². The van der Waals surface area contributed by atoms with Gasteiger partial charge in [-0.25, -0.2) is 14.7 Å². The largest absolute Gasteiger partial charge is 0.465 e. The second-order valence-corrected chi connectivity index (χ2v) is 9.37. The third-order valence-electron chi connectivity index (χ3n) is 5.11. The Morgan fingerprint density at radius 3 is 2.58 bits per heavy atom. The maximum atomic E-state index is 13.2. The first-order valence-corrected chi connectivity index (χ1v) is 12.3. The van der Waals surface area contributed by atoms with Crippen LogP contribution in [-0.4, -0.2) is 55.3 Å². The Kier molecular flexibility index (Phi) is 9.16. The van der Waals surface area contributed by atoms with Crippen LogP contribution in [0, 0.1) is 10.1 Å². The van der Waals surface area contributed by atoms with Crippen LogP contribution in [0.25, 0.3) is 11.2 Å². The van der Waals surface area contributed by atoms with Crippen LogP contribution >= 0.6 is 0 Å². The average molecular weight is 529 g/mol. The van der Waals surface area contributed by atoms with Gasteiger partial charge in [-0.05, 0) is 40.2 Å². The van der Waals surface area contributed by atoms with Gasteiger partial charge in [-0.1, -0.05) is 25.8 Å². The molecule has 3 aromatic rings. The number of carbonyl (C=O) groups excluding carboxylic acids is 2. The molecule has 13 nitrogen and oxygen atoms in total. The Labute approximate surface area is 219 Å². The molecule has 0 aliphatic carbocycles. The van der Waals surface area contributed by atoms with Gasteiger partial charge in [0.15, 0.2) is 11.2 Å². The van der Waals surface area contributed by atoms with Gasteiger partial charge in [-0.3, -0.25) is 14.9 Å². The van der Waals surface area contributed by atoms with Crippen LogP contribution in [-0.2, 0) is 20.8 Å². The zero-order valence-corrected chi connectivity index (χ0v) is 22.2. The van der Waals surface area contributed by atoms with Crippen molar-refractivity contribution >= 4 is 34.9 Å². The van der Waals surface area contributed by atoms with Gasteiger partial charge in [-0.2, -0.15) is 9.97 Å². The summed E-state index contributed by atoms with van der Waals surface area (Å²) in [5, 5.41) is 11.2. The van der Waals surface area contributed by atoms with Gasteiger partial charge >= 0.3 is 12.1 Å². The maximum absolute atomic E-state index is 13.2. The van der Waals surface area contributed by atoms with Crippen molar-refractivity contribution < 1.29 is 28.7 Å². The molecule has 3 rings (SSSR count). The van der Waals surface area contributed by atoms with Gasteiger partial charge < -0.3 is 18.8 Å². The highest BCUT2D eigenvalue weighted by Gasteiger charge is 2.28. The van der Waals surface area contributed by atoms with Crippen LogP contribution in [0.15, 0.2) is 30.6 Å². The molecule has 0 spiro atoms. The smallest absolute Gasteiger partial charge is 0.417 e. The number of non-ortho nitro benzene ring substituents is 1. The van der Waals surface area contributed by atoms with Crippen molar-refractivity contribution in [3.05, 3.63) is 40.7 Å². The van der Waals surface area contributed by atoms with Gasteiger partial charge in [-0.15, -0.1) is 0 Å². The number of imidazole rings is 1. The second kappa shape index (κ2) is 12.3. The fourth-order valence-electron chi connectivity index (χ4n) is 3.44. The normalized spacial score (nSPS) is 11.3. The van der Waals surface area contributed by atoms with E-state index in [9.17, 15) is 19.7 Å². The number of unbranched alkanes of at least 4 members (excludes halogenated alkanes) is 2. The first kappa shape index (κ1) is 28.3. The molecule has 0 atom stereocenters. The molecule has 0 aliphatic heterocycles. The van der Waals surface area contributed by atoms with E-state index < -0.39 is 22.6 Å². The highest BCUT2D eigenvalue weighted by Crippen LogP contribution is 2.31. The zero-order valence-electron chi connectivity index (χ0n) is 22.2. The van der Waals surface area contributed by atoms with E-state index in [-0.39, 0.29) is 54.1 Å². The Bertz CT molecular complexity index is 1300. The summed E-state index contributed by atoms with van der Waals surface area (Å²) in [7, 11) is 0. The average Bonchev–Trinajstić information content (AvgIpc) is 3.23. The van der Waals surface area contributed by atoms with Crippen LogP contribution in [0.2, 0.25) is 0 Å². The number of rotatable bonds is 11.